The van der Waals surface area contributed by atoms with Crippen molar-refractivity contribution < 1.29 is 31.5 Å². The van der Waals surface area contributed by atoms with Crippen molar-refractivity contribution >= 4 is 40.7 Å². The second kappa shape index (κ2) is 10.5. The highest BCUT2D eigenvalue weighted by atomic mass is 32.2. The van der Waals surface area contributed by atoms with Gasteiger partial charge in [0.25, 0.3) is 0 Å². The molecule has 1 fully saturated rings. The molecule has 13 heteroatoms. The second-order valence-electron chi connectivity index (χ2n) is 9.13. The Morgan fingerprint density at radius 1 is 1.12 bits per heavy atom. The first kappa shape index (κ1) is 27.6. The molecule has 5 rings (SSSR count). The smallest absolute Gasteiger partial charge is 0.348 e. The average Bonchev–Trinajstić information content (AvgIpc) is 3.14. The first-order valence-electron chi connectivity index (χ1n) is 12.1. The highest BCUT2D eigenvalue weighted by molar-refractivity contribution is 7.99. The number of aldehydes is 1. The zero-order chi connectivity index (χ0) is 28.8. The molecule has 0 unspecified atom stereocenters. The molecule has 2 aromatic carbocycles. The lowest BCUT2D eigenvalue weighted by atomic mass is 9.95. The van der Waals surface area contributed by atoms with E-state index in [1.165, 1.54) is 14.4 Å². The molecule has 1 saturated heterocycles. The van der Waals surface area contributed by atoms with Crippen LogP contribution in [-0.2, 0) is 22.3 Å². The van der Waals surface area contributed by atoms with E-state index in [0.717, 1.165) is 42.1 Å². The second-order valence-corrected chi connectivity index (χ2v) is 10.2. The van der Waals surface area contributed by atoms with Crippen molar-refractivity contribution in [1.82, 2.24) is 14.5 Å². The molecule has 40 heavy (non-hydrogen) atoms. The molecule has 1 aromatic heterocycles. The standard InChI is InChI=1S/C27H21F5N4O3S/c1-2-21(38)35-9-8-34(14-16(35)6-10-37)25-18-13-19(27(30,31)32)22(17-5-4-15(28)12-20(17)29)24-23(18)36(26(39)33-25)7-3-11-40-24/h2,4-6,10,12-13H,1,3,7-9,11,14H2/b16-6+. The molecule has 2 aliphatic heterocycles. The van der Waals surface area contributed by atoms with Gasteiger partial charge >= 0.3 is 11.9 Å². The summed E-state index contributed by atoms with van der Waals surface area (Å²) < 4.78 is 73.7. The summed E-state index contributed by atoms with van der Waals surface area (Å²) in [5.41, 5.74) is -2.36. The van der Waals surface area contributed by atoms with Gasteiger partial charge in [0.2, 0.25) is 5.91 Å². The van der Waals surface area contributed by atoms with Gasteiger partial charge in [-0.3, -0.25) is 14.2 Å². The van der Waals surface area contributed by atoms with Gasteiger partial charge in [-0.2, -0.15) is 18.2 Å². The van der Waals surface area contributed by atoms with Gasteiger partial charge in [-0.25, -0.2) is 13.6 Å². The van der Waals surface area contributed by atoms with Crippen LogP contribution in [0.25, 0.3) is 22.0 Å². The number of benzene rings is 2. The van der Waals surface area contributed by atoms with Crippen LogP contribution in [0.3, 0.4) is 0 Å². The first-order chi connectivity index (χ1) is 19.0. The summed E-state index contributed by atoms with van der Waals surface area (Å²) >= 11 is 1.06. The van der Waals surface area contributed by atoms with E-state index < -0.39 is 46.1 Å². The number of allylic oxidation sites excluding steroid dienone is 1. The fourth-order valence-corrected chi connectivity index (χ4v) is 6.25. The molecule has 2 aliphatic rings. The maximum atomic E-state index is 15.0. The van der Waals surface area contributed by atoms with Gasteiger partial charge in [-0.05, 0) is 42.5 Å². The largest absolute Gasteiger partial charge is 0.417 e. The van der Waals surface area contributed by atoms with Crippen molar-refractivity contribution in [2.24, 2.45) is 0 Å². The van der Waals surface area contributed by atoms with Gasteiger partial charge in [0.15, 0.2) is 0 Å². The lowest BCUT2D eigenvalue weighted by Gasteiger charge is -2.37. The lowest BCUT2D eigenvalue weighted by Crippen LogP contribution is -2.47. The Labute approximate surface area is 228 Å². The number of aromatic nitrogens is 2. The zero-order valence-corrected chi connectivity index (χ0v) is 21.6. The first-order valence-corrected chi connectivity index (χ1v) is 13.1. The summed E-state index contributed by atoms with van der Waals surface area (Å²) in [4.78, 5) is 43.9. The summed E-state index contributed by atoms with van der Waals surface area (Å²) in [6, 6.07) is 3.20. The van der Waals surface area contributed by atoms with Crippen LogP contribution in [0.4, 0.5) is 27.8 Å². The number of nitrogens with zero attached hydrogens (tertiary/aromatic N) is 4. The molecule has 1 amide bonds. The minimum absolute atomic E-state index is 0.0107. The predicted molar refractivity (Wildman–Crippen MR) is 140 cm³/mol. The summed E-state index contributed by atoms with van der Waals surface area (Å²) in [7, 11) is 0. The molecule has 7 nitrogen and oxygen atoms in total. The Morgan fingerprint density at radius 3 is 2.58 bits per heavy atom. The Bertz CT molecular complexity index is 1650. The third-order valence-electron chi connectivity index (χ3n) is 6.77. The minimum Gasteiger partial charge on any atom is -0.348 e. The van der Waals surface area contributed by atoms with Gasteiger partial charge in [0.1, 0.15) is 23.7 Å². The number of thioether (sulfide) groups is 1. The Balaban J connectivity index is 1.82. The average molecular weight is 577 g/mol. The number of hydrogen-bond acceptors (Lipinski definition) is 6. The normalized spacial score (nSPS) is 16.8. The topological polar surface area (TPSA) is 75.5 Å². The molecular weight excluding hydrogens is 555 g/mol. The highest BCUT2D eigenvalue weighted by Crippen LogP contribution is 2.48. The molecule has 208 valence electrons. The fraction of sp³-hybridized carbons (Fsp3) is 0.259. The van der Waals surface area contributed by atoms with E-state index >= 15 is 0 Å². The van der Waals surface area contributed by atoms with Crippen molar-refractivity contribution in [3.63, 3.8) is 0 Å². The molecule has 0 bridgehead atoms. The number of halogens is 5. The van der Waals surface area contributed by atoms with Gasteiger partial charge in [0, 0.05) is 52.8 Å². The van der Waals surface area contributed by atoms with E-state index in [1.54, 1.807) is 0 Å². The summed E-state index contributed by atoms with van der Waals surface area (Å²) in [5, 5.41) is 0.0107. The van der Waals surface area contributed by atoms with E-state index in [2.05, 4.69) is 11.6 Å². The van der Waals surface area contributed by atoms with Gasteiger partial charge < -0.3 is 9.80 Å². The van der Waals surface area contributed by atoms with Crippen molar-refractivity contribution in [1.29, 1.82) is 0 Å². The Kier molecular flexibility index (Phi) is 7.25. The monoisotopic (exact) mass is 576 g/mol. The van der Waals surface area contributed by atoms with Gasteiger partial charge in [0.05, 0.1) is 17.6 Å². The number of piperazine rings is 1. The summed E-state index contributed by atoms with van der Waals surface area (Å²) in [6.45, 7) is 3.69. The van der Waals surface area contributed by atoms with E-state index in [9.17, 15) is 36.3 Å². The third-order valence-corrected chi connectivity index (χ3v) is 7.95. The molecule has 0 radical (unpaired) electrons. The van der Waals surface area contributed by atoms with Crippen LogP contribution in [0, 0.1) is 11.6 Å². The van der Waals surface area contributed by atoms with Crippen LogP contribution in [0.5, 0.6) is 0 Å². The number of aryl methyl sites for hydroxylation is 1. The van der Waals surface area contributed by atoms with Crippen molar-refractivity contribution in [3.05, 3.63) is 76.4 Å². The summed E-state index contributed by atoms with van der Waals surface area (Å²) in [5.74, 6) is -2.28. The van der Waals surface area contributed by atoms with E-state index in [-0.39, 0.29) is 53.5 Å². The van der Waals surface area contributed by atoms with Gasteiger partial charge in [-0.15, -0.1) is 11.8 Å². The van der Waals surface area contributed by atoms with Gasteiger partial charge in [-0.1, -0.05) is 6.58 Å². The highest BCUT2D eigenvalue weighted by Gasteiger charge is 2.39. The van der Waals surface area contributed by atoms with Crippen LogP contribution in [-0.4, -0.2) is 52.0 Å². The van der Waals surface area contributed by atoms with Crippen LogP contribution in [0.1, 0.15) is 12.0 Å². The van der Waals surface area contributed by atoms with Crippen LogP contribution < -0.4 is 10.6 Å². The van der Waals surface area contributed by atoms with Crippen LogP contribution >= 0.6 is 11.8 Å². The maximum Gasteiger partial charge on any atom is 0.417 e. The lowest BCUT2D eigenvalue weighted by molar-refractivity contribution is -0.137. The van der Waals surface area contributed by atoms with Crippen LogP contribution in [0.2, 0.25) is 0 Å². The quantitative estimate of drug-likeness (QED) is 0.253. The zero-order valence-electron chi connectivity index (χ0n) is 20.8. The number of hydrogen-bond donors (Lipinski definition) is 0. The number of carbonyl (C=O) groups excluding carboxylic acids is 2. The molecule has 3 heterocycles. The fourth-order valence-electron chi connectivity index (χ4n) is 5.05. The van der Waals surface area contributed by atoms with Crippen LogP contribution in [0.15, 0.2) is 58.4 Å². The molecule has 3 aromatic rings. The molecule has 0 spiro atoms. The Hall–Kier alpha value is -4.00. The van der Waals surface area contributed by atoms with E-state index in [4.69, 9.17) is 0 Å². The molecule has 0 N–H and O–H groups in total. The number of anilines is 1. The number of carbonyl (C=O) groups is 2. The third kappa shape index (κ3) is 4.78. The van der Waals surface area contributed by atoms with Crippen molar-refractivity contribution in [2.45, 2.75) is 24.0 Å². The predicted octanol–water partition coefficient (Wildman–Crippen LogP) is 4.77. The van der Waals surface area contributed by atoms with E-state index in [0.29, 0.717) is 24.5 Å². The number of rotatable bonds is 4. The minimum atomic E-state index is -4.94. The molecule has 0 aliphatic carbocycles. The molecular formula is C27H21F5N4O3S. The van der Waals surface area contributed by atoms with Crippen molar-refractivity contribution in [2.75, 3.05) is 30.3 Å². The number of amides is 1. The van der Waals surface area contributed by atoms with Crippen molar-refractivity contribution in [3.8, 4) is 11.1 Å². The Morgan fingerprint density at radius 2 is 1.90 bits per heavy atom. The molecule has 0 atom stereocenters. The molecule has 0 saturated carbocycles. The maximum absolute atomic E-state index is 15.0. The number of alkyl halides is 3. The summed E-state index contributed by atoms with van der Waals surface area (Å²) in [6.07, 6.45) is -1.79. The SMILES string of the molecule is C=CC(=O)N1CCN(c2nc(=O)n3c4c(c(-c5ccc(F)cc5F)c(C(F)(F)F)cc24)SCCC3)C/C1=C\C=O. The van der Waals surface area contributed by atoms with E-state index in [1.807, 2.05) is 0 Å².